The van der Waals surface area contributed by atoms with Crippen molar-refractivity contribution in [3.05, 3.63) is 0 Å². The fraction of sp³-hybridized carbons (Fsp3) is 1.00. The van der Waals surface area contributed by atoms with E-state index in [1.165, 1.54) is 6.26 Å². The van der Waals surface area contributed by atoms with Crippen molar-refractivity contribution < 1.29 is 8.42 Å². The average molecular weight is 274 g/mol. The van der Waals surface area contributed by atoms with E-state index in [1.807, 2.05) is 0 Å². The number of hydrogen-bond donors (Lipinski definition) is 1. The Morgan fingerprint density at radius 1 is 1.33 bits per heavy atom. The Labute approximate surface area is 111 Å². The van der Waals surface area contributed by atoms with E-state index in [4.69, 9.17) is 5.73 Å². The van der Waals surface area contributed by atoms with E-state index in [-0.39, 0.29) is 10.8 Å². The van der Waals surface area contributed by atoms with Crippen LogP contribution in [0.5, 0.6) is 0 Å². The van der Waals surface area contributed by atoms with E-state index in [0.717, 1.165) is 51.6 Å². The number of likely N-dealkylation sites (tertiary alicyclic amines) is 1. The van der Waals surface area contributed by atoms with Crippen molar-refractivity contribution in [2.75, 3.05) is 19.3 Å². The highest BCUT2D eigenvalue weighted by Crippen LogP contribution is 2.33. The Morgan fingerprint density at radius 3 is 2.56 bits per heavy atom. The van der Waals surface area contributed by atoms with E-state index < -0.39 is 9.84 Å². The van der Waals surface area contributed by atoms with Gasteiger partial charge in [0.05, 0.1) is 5.25 Å². The van der Waals surface area contributed by atoms with Gasteiger partial charge >= 0.3 is 0 Å². The molecular weight excluding hydrogens is 248 g/mol. The standard InChI is InChI=1S/C13H26N2O2S/c1-3-7-13(14)9-15(10-13)11-5-4-6-12(8-11)18(2,16)17/h11-12H,3-10,14H2,1-2H3. The summed E-state index contributed by atoms with van der Waals surface area (Å²) in [5.41, 5.74) is 6.26. The highest BCUT2D eigenvalue weighted by Gasteiger charge is 2.43. The molecule has 0 aromatic carbocycles. The highest BCUT2D eigenvalue weighted by molar-refractivity contribution is 7.91. The van der Waals surface area contributed by atoms with Gasteiger partial charge in [0.15, 0.2) is 0 Å². The SMILES string of the molecule is CCCC1(N)CN(C2CCCC(S(C)(=O)=O)C2)C1. The number of nitrogens with two attached hydrogens (primary N) is 1. The lowest BCUT2D eigenvalue weighted by atomic mass is 9.82. The maximum Gasteiger partial charge on any atom is 0.150 e. The van der Waals surface area contributed by atoms with Gasteiger partial charge in [0.25, 0.3) is 0 Å². The summed E-state index contributed by atoms with van der Waals surface area (Å²) in [6.45, 7) is 4.06. The van der Waals surface area contributed by atoms with Crippen LogP contribution in [0.2, 0.25) is 0 Å². The zero-order valence-electron chi connectivity index (χ0n) is 11.6. The molecular formula is C13H26N2O2S. The highest BCUT2D eigenvalue weighted by atomic mass is 32.2. The Hall–Kier alpha value is -0.130. The first kappa shape index (κ1) is 14.3. The molecule has 2 N–H and O–H groups in total. The van der Waals surface area contributed by atoms with Crippen LogP contribution in [0.3, 0.4) is 0 Å². The second kappa shape index (κ2) is 5.10. The Morgan fingerprint density at radius 2 is 2.00 bits per heavy atom. The molecule has 0 bridgehead atoms. The molecule has 2 unspecified atom stereocenters. The molecule has 18 heavy (non-hydrogen) atoms. The molecule has 1 aliphatic heterocycles. The predicted molar refractivity (Wildman–Crippen MR) is 74.3 cm³/mol. The summed E-state index contributed by atoms with van der Waals surface area (Å²) >= 11 is 0. The Kier molecular flexibility index (Phi) is 4.04. The summed E-state index contributed by atoms with van der Waals surface area (Å²) in [7, 11) is -2.87. The van der Waals surface area contributed by atoms with E-state index >= 15 is 0 Å². The number of sulfone groups is 1. The molecule has 1 saturated heterocycles. The molecule has 1 aliphatic carbocycles. The molecule has 2 atom stereocenters. The van der Waals surface area contributed by atoms with Gasteiger partial charge in [-0.25, -0.2) is 8.42 Å². The normalized spacial score (nSPS) is 33.1. The quantitative estimate of drug-likeness (QED) is 0.835. The molecule has 1 heterocycles. The third kappa shape index (κ3) is 3.06. The summed E-state index contributed by atoms with van der Waals surface area (Å²) in [4.78, 5) is 2.40. The van der Waals surface area contributed by atoms with Gasteiger partial charge in [-0.15, -0.1) is 0 Å². The lowest BCUT2D eigenvalue weighted by molar-refractivity contribution is 0.0105. The van der Waals surface area contributed by atoms with Gasteiger partial charge in [0, 0.05) is 30.9 Å². The first-order valence-electron chi connectivity index (χ1n) is 7.06. The average Bonchev–Trinajstić information content (AvgIpc) is 2.25. The molecule has 1 saturated carbocycles. The van der Waals surface area contributed by atoms with Crippen molar-refractivity contribution in [2.24, 2.45) is 5.73 Å². The van der Waals surface area contributed by atoms with Gasteiger partial charge in [-0.3, -0.25) is 4.90 Å². The van der Waals surface area contributed by atoms with Crippen molar-refractivity contribution in [1.82, 2.24) is 4.90 Å². The minimum Gasteiger partial charge on any atom is -0.323 e. The first-order valence-corrected chi connectivity index (χ1v) is 9.01. The molecule has 2 aliphatic rings. The summed E-state index contributed by atoms with van der Waals surface area (Å²) in [5.74, 6) is 0. The number of hydrogen-bond acceptors (Lipinski definition) is 4. The zero-order valence-corrected chi connectivity index (χ0v) is 12.4. The molecule has 106 valence electrons. The molecule has 2 rings (SSSR count). The second-order valence-corrected chi connectivity index (χ2v) is 8.62. The van der Waals surface area contributed by atoms with Gasteiger partial charge in [0.1, 0.15) is 9.84 Å². The van der Waals surface area contributed by atoms with E-state index in [2.05, 4.69) is 11.8 Å². The van der Waals surface area contributed by atoms with Gasteiger partial charge in [0.2, 0.25) is 0 Å². The Balaban J connectivity index is 1.88. The summed E-state index contributed by atoms with van der Waals surface area (Å²) in [6, 6.07) is 0.437. The van der Waals surface area contributed by atoms with Gasteiger partial charge in [-0.1, -0.05) is 19.8 Å². The van der Waals surface area contributed by atoms with Crippen LogP contribution in [0, 0.1) is 0 Å². The summed E-state index contributed by atoms with van der Waals surface area (Å²) < 4.78 is 23.3. The van der Waals surface area contributed by atoms with Crippen molar-refractivity contribution >= 4 is 9.84 Å². The van der Waals surface area contributed by atoms with Crippen LogP contribution in [0.1, 0.15) is 45.4 Å². The van der Waals surface area contributed by atoms with Crippen LogP contribution < -0.4 is 5.73 Å². The van der Waals surface area contributed by atoms with Crippen LogP contribution in [0.25, 0.3) is 0 Å². The number of nitrogens with zero attached hydrogens (tertiary/aromatic N) is 1. The molecule has 5 heteroatoms. The molecule has 0 radical (unpaired) electrons. The van der Waals surface area contributed by atoms with E-state index in [9.17, 15) is 8.42 Å². The van der Waals surface area contributed by atoms with E-state index in [0.29, 0.717) is 6.04 Å². The second-order valence-electron chi connectivity index (χ2n) is 6.29. The van der Waals surface area contributed by atoms with E-state index in [1.54, 1.807) is 0 Å². The smallest absolute Gasteiger partial charge is 0.150 e. The zero-order chi connectivity index (χ0) is 13.4. The van der Waals surface area contributed by atoms with Crippen LogP contribution in [0.15, 0.2) is 0 Å². The van der Waals surface area contributed by atoms with Crippen LogP contribution in [-0.4, -0.2) is 49.5 Å². The van der Waals surface area contributed by atoms with Crippen molar-refractivity contribution in [3.63, 3.8) is 0 Å². The van der Waals surface area contributed by atoms with Gasteiger partial charge < -0.3 is 5.73 Å². The van der Waals surface area contributed by atoms with Crippen molar-refractivity contribution in [1.29, 1.82) is 0 Å². The lowest BCUT2D eigenvalue weighted by Crippen LogP contribution is -2.69. The topological polar surface area (TPSA) is 63.4 Å². The number of rotatable bonds is 4. The first-order chi connectivity index (χ1) is 8.34. The van der Waals surface area contributed by atoms with Crippen molar-refractivity contribution in [2.45, 2.75) is 62.3 Å². The maximum atomic E-state index is 11.6. The lowest BCUT2D eigenvalue weighted by Gasteiger charge is -2.53. The molecule has 0 aromatic heterocycles. The van der Waals surface area contributed by atoms with Crippen LogP contribution in [-0.2, 0) is 9.84 Å². The Bertz CT molecular complexity index is 388. The molecule has 0 spiro atoms. The third-order valence-corrected chi connectivity index (χ3v) is 6.14. The van der Waals surface area contributed by atoms with Gasteiger partial charge in [-0.05, 0) is 25.7 Å². The van der Waals surface area contributed by atoms with Crippen LogP contribution in [0.4, 0.5) is 0 Å². The minimum absolute atomic E-state index is 0.00716. The van der Waals surface area contributed by atoms with Crippen LogP contribution >= 0.6 is 0 Å². The molecule has 0 aromatic rings. The fourth-order valence-electron chi connectivity index (χ4n) is 3.52. The maximum absolute atomic E-state index is 11.6. The van der Waals surface area contributed by atoms with Crippen molar-refractivity contribution in [3.8, 4) is 0 Å². The van der Waals surface area contributed by atoms with Gasteiger partial charge in [-0.2, -0.15) is 0 Å². The summed E-state index contributed by atoms with van der Waals surface area (Å²) in [6.07, 6.45) is 7.39. The summed E-state index contributed by atoms with van der Waals surface area (Å²) in [5, 5.41) is -0.129. The monoisotopic (exact) mass is 274 g/mol. The predicted octanol–water partition coefficient (Wildman–Crippen LogP) is 1.16. The largest absolute Gasteiger partial charge is 0.323 e. The fourth-order valence-corrected chi connectivity index (χ4v) is 4.68. The molecule has 2 fully saturated rings. The molecule has 0 amide bonds. The third-order valence-electron chi connectivity index (χ3n) is 4.50. The minimum atomic E-state index is -2.87. The molecule has 4 nitrogen and oxygen atoms in total.